The van der Waals surface area contributed by atoms with E-state index < -0.39 is 0 Å². The number of benzene rings is 1. The lowest BCUT2D eigenvalue weighted by Gasteiger charge is -2.14. The van der Waals surface area contributed by atoms with Gasteiger partial charge in [0, 0.05) is 29.6 Å². The quantitative estimate of drug-likeness (QED) is 0.858. The Balaban J connectivity index is 1.87. The summed E-state index contributed by atoms with van der Waals surface area (Å²) in [6.45, 7) is 2.95. The van der Waals surface area contributed by atoms with Crippen molar-refractivity contribution in [1.29, 1.82) is 5.26 Å². The molecule has 1 aromatic heterocycles. The predicted octanol–water partition coefficient (Wildman–Crippen LogP) is 4.09. The van der Waals surface area contributed by atoms with Gasteiger partial charge in [-0.25, -0.2) is 4.98 Å². The van der Waals surface area contributed by atoms with Crippen LogP contribution in [-0.2, 0) is 0 Å². The zero-order chi connectivity index (χ0) is 16.7. The number of nitrogens with one attached hydrogen (secondary N) is 1. The maximum atomic E-state index is 9.26. The molecule has 1 fully saturated rings. The normalized spacial score (nSPS) is 19.5. The topological polar surface area (TPSA) is 61.1 Å². The third-order valence-electron chi connectivity index (χ3n) is 4.61. The molecule has 1 N–H and O–H groups in total. The molecular formula is C19H17ClN4. The molecule has 1 aliphatic carbocycles. The van der Waals surface area contributed by atoms with Gasteiger partial charge in [0.05, 0.1) is 17.3 Å². The molecule has 2 aromatic rings. The second-order valence-electron chi connectivity index (χ2n) is 6.51. The number of hydrazone groups is 1. The summed E-state index contributed by atoms with van der Waals surface area (Å²) in [6.07, 6.45) is 2.36. The molecule has 0 spiro atoms. The van der Waals surface area contributed by atoms with Gasteiger partial charge < -0.3 is 5.43 Å². The van der Waals surface area contributed by atoms with Crippen molar-refractivity contribution in [3.63, 3.8) is 0 Å². The first-order valence-electron chi connectivity index (χ1n) is 8.18. The van der Waals surface area contributed by atoms with Crippen molar-refractivity contribution >= 4 is 17.3 Å². The third kappa shape index (κ3) is 2.76. The third-order valence-corrected chi connectivity index (χ3v) is 4.80. The second kappa shape index (κ2) is 5.92. The Morgan fingerprint density at radius 2 is 2.04 bits per heavy atom. The van der Waals surface area contributed by atoms with Crippen LogP contribution in [0.15, 0.2) is 35.4 Å². The van der Waals surface area contributed by atoms with Crippen LogP contribution in [-0.4, -0.2) is 17.2 Å². The van der Waals surface area contributed by atoms with Crippen molar-refractivity contribution in [3.8, 4) is 17.2 Å². The summed E-state index contributed by atoms with van der Waals surface area (Å²) in [7, 11) is 0. The van der Waals surface area contributed by atoms with Crippen LogP contribution < -0.4 is 5.43 Å². The molecule has 1 saturated carbocycles. The van der Waals surface area contributed by atoms with Gasteiger partial charge >= 0.3 is 0 Å². The molecule has 1 aromatic carbocycles. The number of halogens is 1. The SMILES string of the molecule is CC1CNN=C1c1cc(C#N)ccc1-c1cc(Cl)nc(C2CC2)c1. The first-order valence-corrected chi connectivity index (χ1v) is 8.56. The van der Waals surface area contributed by atoms with Gasteiger partial charge in [0.25, 0.3) is 0 Å². The van der Waals surface area contributed by atoms with E-state index in [9.17, 15) is 5.26 Å². The molecule has 0 amide bonds. The number of nitriles is 1. The van der Waals surface area contributed by atoms with Gasteiger partial charge in [-0.3, -0.25) is 0 Å². The van der Waals surface area contributed by atoms with Crippen LogP contribution in [0, 0.1) is 17.2 Å². The second-order valence-corrected chi connectivity index (χ2v) is 6.90. The van der Waals surface area contributed by atoms with Crippen LogP contribution in [0.2, 0.25) is 5.15 Å². The van der Waals surface area contributed by atoms with Crippen LogP contribution >= 0.6 is 11.6 Å². The molecule has 0 radical (unpaired) electrons. The zero-order valence-corrected chi connectivity index (χ0v) is 14.1. The van der Waals surface area contributed by atoms with Crippen molar-refractivity contribution in [2.45, 2.75) is 25.7 Å². The minimum Gasteiger partial charge on any atom is -0.309 e. The van der Waals surface area contributed by atoms with Gasteiger partial charge in [0.1, 0.15) is 5.15 Å². The molecule has 2 aliphatic rings. The largest absolute Gasteiger partial charge is 0.309 e. The summed E-state index contributed by atoms with van der Waals surface area (Å²) in [4.78, 5) is 4.47. The maximum Gasteiger partial charge on any atom is 0.129 e. The minimum absolute atomic E-state index is 0.304. The number of aromatic nitrogens is 1. The van der Waals surface area contributed by atoms with Gasteiger partial charge in [0.2, 0.25) is 0 Å². The Labute approximate surface area is 146 Å². The van der Waals surface area contributed by atoms with Crippen LogP contribution in [0.5, 0.6) is 0 Å². The molecule has 0 bridgehead atoms. The van der Waals surface area contributed by atoms with E-state index in [0.717, 1.165) is 34.6 Å². The average molecular weight is 337 g/mol. The molecule has 4 nitrogen and oxygen atoms in total. The van der Waals surface area contributed by atoms with Crippen LogP contribution in [0.25, 0.3) is 11.1 Å². The highest BCUT2D eigenvalue weighted by Gasteiger charge is 2.27. The van der Waals surface area contributed by atoms with Gasteiger partial charge in [-0.05, 0) is 48.2 Å². The van der Waals surface area contributed by atoms with Gasteiger partial charge in [-0.2, -0.15) is 10.4 Å². The summed E-state index contributed by atoms with van der Waals surface area (Å²) in [5.74, 6) is 0.839. The standard InChI is InChI=1S/C19H17ClN4/c1-11-10-22-24-19(11)16-6-12(9-21)2-5-15(16)14-7-17(13-3-4-13)23-18(20)8-14/h2,5-8,11,13,22H,3-4,10H2,1H3. The van der Waals surface area contributed by atoms with E-state index in [2.05, 4.69) is 34.6 Å². The molecule has 120 valence electrons. The van der Waals surface area contributed by atoms with E-state index in [-0.39, 0.29) is 0 Å². The number of nitrogens with zero attached hydrogens (tertiary/aromatic N) is 3. The molecule has 24 heavy (non-hydrogen) atoms. The van der Waals surface area contributed by atoms with E-state index in [0.29, 0.717) is 22.6 Å². The highest BCUT2D eigenvalue weighted by atomic mass is 35.5. The molecule has 1 unspecified atom stereocenters. The summed E-state index contributed by atoms with van der Waals surface area (Å²) in [5.41, 5.74) is 8.83. The fourth-order valence-electron chi connectivity index (χ4n) is 3.14. The van der Waals surface area contributed by atoms with Gasteiger partial charge in [0.15, 0.2) is 0 Å². The molecule has 1 aliphatic heterocycles. The van der Waals surface area contributed by atoms with Crippen LogP contribution in [0.4, 0.5) is 0 Å². The van der Waals surface area contributed by atoms with E-state index in [1.54, 1.807) is 0 Å². The van der Waals surface area contributed by atoms with Crippen molar-refractivity contribution in [2.75, 3.05) is 6.54 Å². The molecule has 5 heteroatoms. The van der Waals surface area contributed by atoms with Gasteiger partial charge in [-0.1, -0.05) is 24.6 Å². The first kappa shape index (κ1) is 15.2. The Kier molecular flexibility index (Phi) is 3.74. The van der Waals surface area contributed by atoms with Crippen LogP contribution in [0.3, 0.4) is 0 Å². The van der Waals surface area contributed by atoms with Crippen molar-refractivity contribution in [2.24, 2.45) is 11.0 Å². The van der Waals surface area contributed by atoms with Gasteiger partial charge in [-0.15, -0.1) is 0 Å². The molecule has 4 rings (SSSR count). The van der Waals surface area contributed by atoms with E-state index in [4.69, 9.17) is 11.6 Å². The Morgan fingerprint density at radius 1 is 1.21 bits per heavy atom. The number of hydrogen-bond acceptors (Lipinski definition) is 4. The molecule has 1 atom stereocenters. The smallest absolute Gasteiger partial charge is 0.129 e. The lowest BCUT2D eigenvalue weighted by Crippen LogP contribution is -2.13. The lowest BCUT2D eigenvalue weighted by atomic mass is 9.90. The predicted molar refractivity (Wildman–Crippen MR) is 95.1 cm³/mol. The van der Waals surface area contributed by atoms with Crippen molar-refractivity contribution < 1.29 is 0 Å². The Bertz CT molecular complexity index is 877. The summed E-state index contributed by atoms with van der Waals surface area (Å²) < 4.78 is 0. The molecule has 0 saturated heterocycles. The molecule has 2 heterocycles. The number of pyridine rings is 1. The monoisotopic (exact) mass is 336 g/mol. The van der Waals surface area contributed by atoms with E-state index >= 15 is 0 Å². The summed E-state index contributed by atoms with van der Waals surface area (Å²) in [5, 5.41) is 14.2. The maximum absolute atomic E-state index is 9.26. The Morgan fingerprint density at radius 3 is 2.71 bits per heavy atom. The van der Waals surface area contributed by atoms with Crippen molar-refractivity contribution in [1.82, 2.24) is 10.4 Å². The van der Waals surface area contributed by atoms with Crippen LogP contribution in [0.1, 0.15) is 42.5 Å². The fourth-order valence-corrected chi connectivity index (χ4v) is 3.35. The molecular weight excluding hydrogens is 320 g/mol. The summed E-state index contributed by atoms with van der Waals surface area (Å²) >= 11 is 6.26. The average Bonchev–Trinajstić information content (AvgIpc) is 3.35. The zero-order valence-electron chi connectivity index (χ0n) is 13.4. The fraction of sp³-hybridized carbons (Fsp3) is 0.316. The van der Waals surface area contributed by atoms with E-state index in [1.165, 1.54) is 12.8 Å². The minimum atomic E-state index is 0.304. The lowest BCUT2D eigenvalue weighted by molar-refractivity contribution is 0.708. The number of hydrogen-bond donors (Lipinski definition) is 1. The number of rotatable bonds is 3. The summed E-state index contributed by atoms with van der Waals surface area (Å²) in [6, 6.07) is 12.0. The Hall–Kier alpha value is -2.38. The first-order chi connectivity index (χ1) is 11.7. The highest BCUT2D eigenvalue weighted by molar-refractivity contribution is 6.29. The highest BCUT2D eigenvalue weighted by Crippen LogP contribution is 2.41. The van der Waals surface area contributed by atoms with E-state index in [1.807, 2.05) is 24.3 Å². The van der Waals surface area contributed by atoms with Crippen molar-refractivity contribution in [3.05, 3.63) is 52.3 Å².